The summed E-state index contributed by atoms with van der Waals surface area (Å²) in [6, 6.07) is 4.53. The Balaban J connectivity index is 2.33. The van der Waals surface area contributed by atoms with Crippen LogP contribution in [0.3, 0.4) is 0 Å². The van der Waals surface area contributed by atoms with Crippen molar-refractivity contribution in [3.8, 4) is 5.75 Å². The Hall–Kier alpha value is -1.39. The van der Waals surface area contributed by atoms with Crippen molar-refractivity contribution in [3.63, 3.8) is 0 Å². The second-order valence-corrected chi connectivity index (χ2v) is 6.79. The van der Waals surface area contributed by atoms with Gasteiger partial charge in [-0.05, 0) is 57.5 Å². The third-order valence-corrected chi connectivity index (χ3v) is 4.53. The first-order chi connectivity index (χ1) is 10.0. The monoisotopic (exact) mass is 304 g/mol. The van der Waals surface area contributed by atoms with E-state index in [4.69, 9.17) is 4.74 Å². The number of thiophene rings is 1. The molecule has 2 rings (SSSR count). The third kappa shape index (κ3) is 4.05. The molecule has 1 unspecified atom stereocenters. The number of nitrogens with zero attached hydrogens (tertiary/aromatic N) is 1. The Morgan fingerprint density at radius 3 is 2.57 bits per heavy atom. The van der Waals surface area contributed by atoms with Gasteiger partial charge in [0.05, 0.1) is 18.3 Å². The SMILES string of the molecule is CCNC(c1cncc(OC(C)C)c1)c1cc(C)c(C)s1. The van der Waals surface area contributed by atoms with E-state index in [9.17, 15) is 0 Å². The fourth-order valence-corrected chi connectivity index (χ4v) is 3.41. The summed E-state index contributed by atoms with van der Waals surface area (Å²) in [7, 11) is 0. The van der Waals surface area contributed by atoms with Gasteiger partial charge in [0.15, 0.2) is 0 Å². The number of nitrogens with one attached hydrogen (secondary N) is 1. The van der Waals surface area contributed by atoms with Crippen molar-refractivity contribution in [1.29, 1.82) is 0 Å². The minimum absolute atomic E-state index is 0.158. The van der Waals surface area contributed by atoms with Crippen LogP contribution in [0.5, 0.6) is 5.75 Å². The normalized spacial score (nSPS) is 12.7. The molecule has 1 atom stereocenters. The van der Waals surface area contributed by atoms with Gasteiger partial charge in [0.1, 0.15) is 5.75 Å². The highest BCUT2D eigenvalue weighted by molar-refractivity contribution is 7.12. The Kier molecular flexibility index (Phi) is 5.37. The Morgan fingerprint density at radius 1 is 1.24 bits per heavy atom. The van der Waals surface area contributed by atoms with Crippen molar-refractivity contribution >= 4 is 11.3 Å². The molecule has 0 radical (unpaired) electrons. The highest BCUT2D eigenvalue weighted by Crippen LogP contribution is 2.31. The molecule has 1 N–H and O–H groups in total. The van der Waals surface area contributed by atoms with Crippen molar-refractivity contribution in [2.75, 3.05) is 6.54 Å². The van der Waals surface area contributed by atoms with Crippen LogP contribution in [0.1, 0.15) is 47.7 Å². The smallest absolute Gasteiger partial charge is 0.138 e. The van der Waals surface area contributed by atoms with Crippen molar-refractivity contribution in [2.24, 2.45) is 0 Å². The van der Waals surface area contributed by atoms with E-state index in [0.717, 1.165) is 17.9 Å². The zero-order valence-electron chi connectivity index (χ0n) is 13.4. The minimum Gasteiger partial charge on any atom is -0.489 e. The summed E-state index contributed by atoms with van der Waals surface area (Å²) in [5, 5.41) is 3.55. The van der Waals surface area contributed by atoms with Crippen LogP contribution in [0.15, 0.2) is 24.5 Å². The van der Waals surface area contributed by atoms with Gasteiger partial charge in [-0.2, -0.15) is 0 Å². The van der Waals surface area contributed by atoms with E-state index < -0.39 is 0 Å². The first kappa shape index (κ1) is 16.0. The van der Waals surface area contributed by atoms with Gasteiger partial charge in [-0.1, -0.05) is 6.92 Å². The maximum Gasteiger partial charge on any atom is 0.138 e. The Morgan fingerprint density at radius 2 is 2.00 bits per heavy atom. The molecule has 0 saturated carbocycles. The molecule has 21 heavy (non-hydrogen) atoms. The van der Waals surface area contributed by atoms with Gasteiger partial charge >= 0.3 is 0 Å². The lowest BCUT2D eigenvalue weighted by Gasteiger charge is -2.18. The van der Waals surface area contributed by atoms with Crippen LogP contribution in [-0.4, -0.2) is 17.6 Å². The molecule has 0 aliphatic rings. The van der Waals surface area contributed by atoms with Crippen LogP contribution in [0.25, 0.3) is 0 Å². The highest BCUT2D eigenvalue weighted by Gasteiger charge is 2.17. The fourth-order valence-electron chi connectivity index (χ4n) is 2.26. The van der Waals surface area contributed by atoms with Gasteiger partial charge < -0.3 is 10.1 Å². The molecule has 0 aliphatic carbocycles. The van der Waals surface area contributed by atoms with Gasteiger partial charge in [-0.15, -0.1) is 11.3 Å². The third-order valence-electron chi connectivity index (χ3n) is 3.32. The van der Waals surface area contributed by atoms with Crippen molar-refractivity contribution < 1.29 is 4.74 Å². The van der Waals surface area contributed by atoms with E-state index in [1.807, 2.05) is 31.4 Å². The summed E-state index contributed by atoms with van der Waals surface area (Å²) in [5.74, 6) is 0.829. The van der Waals surface area contributed by atoms with E-state index in [1.54, 1.807) is 6.20 Å². The minimum atomic E-state index is 0.158. The number of aryl methyl sites for hydroxylation is 2. The predicted molar refractivity (Wildman–Crippen MR) is 89.3 cm³/mol. The number of rotatable bonds is 6. The summed E-state index contributed by atoms with van der Waals surface area (Å²) in [5.41, 5.74) is 2.50. The lowest BCUT2D eigenvalue weighted by atomic mass is 10.1. The molecular formula is C17H24N2OS. The van der Waals surface area contributed by atoms with Gasteiger partial charge in [-0.25, -0.2) is 0 Å². The number of pyridine rings is 1. The molecule has 3 nitrogen and oxygen atoms in total. The van der Waals surface area contributed by atoms with E-state index in [0.29, 0.717) is 0 Å². The van der Waals surface area contributed by atoms with Crippen LogP contribution in [0.4, 0.5) is 0 Å². The molecule has 0 saturated heterocycles. The fraction of sp³-hybridized carbons (Fsp3) is 0.471. The lowest BCUT2D eigenvalue weighted by molar-refractivity contribution is 0.241. The zero-order valence-corrected chi connectivity index (χ0v) is 14.3. The number of hydrogen-bond donors (Lipinski definition) is 1. The lowest BCUT2D eigenvalue weighted by Crippen LogP contribution is -2.21. The summed E-state index contributed by atoms with van der Waals surface area (Å²) >= 11 is 1.85. The van der Waals surface area contributed by atoms with E-state index >= 15 is 0 Å². The molecular weight excluding hydrogens is 280 g/mol. The van der Waals surface area contributed by atoms with Crippen LogP contribution in [0, 0.1) is 13.8 Å². The molecule has 0 fully saturated rings. The first-order valence-corrected chi connectivity index (χ1v) is 8.24. The van der Waals surface area contributed by atoms with Gasteiger partial charge in [-0.3, -0.25) is 4.98 Å². The van der Waals surface area contributed by atoms with Crippen molar-refractivity contribution in [2.45, 2.75) is 46.8 Å². The van der Waals surface area contributed by atoms with E-state index in [-0.39, 0.29) is 12.1 Å². The number of ether oxygens (including phenoxy) is 1. The standard InChI is InChI=1S/C17H24N2OS/c1-6-19-17(16-7-12(4)13(5)21-16)14-8-15(10-18-9-14)20-11(2)3/h7-11,17,19H,6H2,1-5H3. The average Bonchev–Trinajstić information content (AvgIpc) is 2.75. The molecule has 0 aliphatic heterocycles. The molecule has 0 spiro atoms. The summed E-state index contributed by atoms with van der Waals surface area (Å²) in [6.45, 7) is 11.4. The van der Waals surface area contributed by atoms with Gasteiger partial charge in [0.25, 0.3) is 0 Å². The van der Waals surface area contributed by atoms with Crippen LogP contribution < -0.4 is 10.1 Å². The Bertz CT molecular complexity index is 573. The first-order valence-electron chi connectivity index (χ1n) is 7.43. The highest BCUT2D eigenvalue weighted by atomic mass is 32.1. The molecule has 2 heterocycles. The molecule has 2 aromatic heterocycles. The molecule has 2 aromatic rings. The maximum atomic E-state index is 5.76. The second kappa shape index (κ2) is 7.05. The quantitative estimate of drug-likeness (QED) is 0.866. The largest absolute Gasteiger partial charge is 0.489 e. The second-order valence-electron chi connectivity index (χ2n) is 5.50. The van der Waals surface area contributed by atoms with Crippen LogP contribution in [0.2, 0.25) is 0 Å². The van der Waals surface area contributed by atoms with Gasteiger partial charge in [0.2, 0.25) is 0 Å². The molecule has 4 heteroatoms. The summed E-state index contributed by atoms with van der Waals surface area (Å²) in [4.78, 5) is 7.04. The van der Waals surface area contributed by atoms with Crippen LogP contribution in [-0.2, 0) is 0 Å². The average molecular weight is 304 g/mol. The molecule has 0 aromatic carbocycles. The summed E-state index contributed by atoms with van der Waals surface area (Å²) in [6.07, 6.45) is 3.85. The van der Waals surface area contributed by atoms with Gasteiger partial charge in [0, 0.05) is 16.0 Å². The molecule has 0 amide bonds. The van der Waals surface area contributed by atoms with E-state index in [2.05, 4.69) is 43.2 Å². The van der Waals surface area contributed by atoms with Crippen molar-refractivity contribution in [3.05, 3.63) is 45.4 Å². The zero-order chi connectivity index (χ0) is 15.4. The number of aromatic nitrogens is 1. The van der Waals surface area contributed by atoms with Crippen LogP contribution >= 0.6 is 11.3 Å². The van der Waals surface area contributed by atoms with Crippen molar-refractivity contribution in [1.82, 2.24) is 10.3 Å². The Labute approximate surface area is 131 Å². The maximum absolute atomic E-state index is 5.76. The summed E-state index contributed by atoms with van der Waals surface area (Å²) < 4.78 is 5.76. The topological polar surface area (TPSA) is 34.2 Å². The predicted octanol–water partition coefficient (Wildman–Crippen LogP) is 4.25. The molecule has 0 bridgehead atoms. The number of hydrogen-bond acceptors (Lipinski definition) is 4. The van der Waals surface area contributed by atoms with E-state index in [1.165, 1.54) is 15.3 Å². The molecule has 114 valence electrons.